The normalized spacial score (nSPS) is 13.1. The van der Waals surface area contributed by atoms with Crippen molar-refractivity contribution in [1.29, 1.82) is 0 Å². The highest BCUT2D eigenvalue weighted by Crippen LogP contribution is 2.52. The Balaban J connectivity index is 1.23. The lowest BCUT2D eigenvalue weighted by Gasteiger charge is -2.20. The van der Waals surface area contributed by atoms with E-state index in [2.05, 4.69) is 171 Å². The van der Waals surface area contributed by atoms with Crippen molar-refractivity contribution in [2.24, 2.45) is 0 Å². The molecular formula is C49H44. The van der Waals surface area contributed by atoms with Crippen LogP contribution in [0.25, 0.3) is 88.3 Å². The van der Waals surface area contributed by atoms with E-state index in [1.54, 1.807) is 0 Å². The fraction of sp³-hybridized carbons (Fsp3) is 0.224. The van der Waals surface area contributed by atoms with Crippen molar-refractivity contribution in [3.8, 4) is 66.8 Å². The number of benzene rings is 7. The maximum Gasteiger partial charge on any atom is -0.00201 e. The topological polar surface area (TPSA) is 0 Å². The van der Waals surface area contributed by atoms with Crippen LogP contribution in [0.5, 0.6) is 0 Å². The highest BCUT2D eigenvalue weighted by Gasteiger charge is 2.27. The van der Waals surface area contributed by atoms with Gasteiger partial charge in [-0.2, -0.15) is 0 Å². The second-order valence-electron chi connectivity index (χ2n) is 16.8. The van der Waals surface area contributed by atoms with Crippen LogP contribution in [0.15, 0.2) is 115 Å². The summed E-state index contributed by atoms with van der Waals surface area (Å²) in [4.78, 5) is 0. The minimum absolute atomic E-state index is 0.108. The third kappa shape index (κ3) is 4.50. The molecule has 0 aromatic heterocycles. The fourth-order valence-corrected chi connectivity index (χ4v) is 8.45. The lowest BCUT2D eigenvalue weighted by atomic mass is 9.85. The van der Waals surface area contributed by atoms with E-state index >= 15 is 0 Å². The first kappa shape index (κ1) is 30.1. The van der Waals surface area contributed by atoms with Crippen molar-refractivity contribution in [1.82, 2.24) is 0 Å². The molecule has 0 atom stereocenters. The molecule has 0 aliphatic heterocycles. The van der Waals surface area contributed by atoms with E-state index < -0.39 is 0 Å². The first-order valence-electron chi connectivity index (χ1n) is 18.0. The molecule has 0 fully saturated rings. The van der Waals surface area contributed by atoms with Crippen LogP contribution in [0, 0.1) is 0 Å². The molecule has 7 aromatic rings. The van der Waals surface area contributed by atoms with Gasteiger partial charge < -0.3 is 0 Å². The molecule has 0 saturated carbocycles. The van der Waals surface area contributed by atoms with Crippen LogP contribution >= 0.6 is 0 Å². The molecule has 0 unspecified atom stereocenters. The zero-order chi connectivity index (χ0) is 34.0. The van der Waals surface area contributed by atoms with Crippen LogP contribution in [0.1, 0.15) is 78.0 Å². The van der Waals surface area contributed by atoms with Gasteiger partial charge in [0.05, 0.1) is 0 Å². The summed E-state index contributed by atoms with van der Waals surface area (Å²) >= 11 is 0. The van der Waals surface area contributed by atoms with Crippen LogP contribution in [-0.2, 0) is 10.8 Å². The van der Waals surface area contributed by atoms with Crippen molar-refractivity contribution in [2.75, 3.05) is 0 Å². The first-order chi connectivity index (χ1) is 23.4. The maximum absolute atomic E-state index is 2.44. The summed E-state index contributed by atoms with van der Waals surface area (Å²) in [5.41, 5.74) is 20.4. The lowest BCUT2D eigenvalue weighted by molar-refractivity contribution is 0.590. The lowest BCUT2D eigenvalue weighted by Crippen LogP contribution is -2.10. The Morgan fingerprint density at radius 1 is 0.367 bits per heavy atom. The Morgan fingerprint density at radius 2 is 0.755 bits per heavy atom. The van der Waals surface area contributed by atoms with Gasteiger partial charge in [0.15, 0.2) is 0 Å². The Bertz CT molecular complexity index is 2350. The number of rotatable bonds is 3. The summed E-state index contributed by atoms with van der Waals surface area (Å²) in [7, 11) is 0. The smallest absolute Gasteiger partial charge is 0.00201 e. The molecule has 49 heavy (non-hydrogen) atoms. The molecule has 2 aliphatic rings. The molecule has 0 nitrogen and oxygen atoms in total. The summed E-state index contributed by atoms with van der Waals surface area (Å²) in [6.07, 6.45) is 0. The molecule has 0 amide bonds. The maximum atomic E-state index is 2.44. The largest absolute Gasteiger partial charge is 0.0610 e. The van der Waals surface area contributed by atoms with Crippen LogP contribution < -0.4 is 0 Å². The molecule has 0 bridgehead atoms. The summed E-state index contributed by atoms with van der Waals surface area (Å²) in [5.74, 6) is 0.410. The monoisotopic (exact) mass is 632 g/mol. The van der Waals surface area contributed by atoms with Gasteiger partial charge in [-0.1, -0.05) is 152 Å². The Kier molecular flexibility index (Phi) is 6.33. The predicted octanol–water partition coefficient (Wildman–Crippen LogP) is 14.3. The van der Waals surface area contributed by atoms with Gasteiger partial charge in [-0.05, 0) is 140 Å². The van der Waals surface area contributed by atoms with Crippen LogP contribution in [0.4, 0.5) is 0 Å². The van der Waals surface area contributed by atoms with Gasteiger partial charge in [-0.15, -0.1) is 0 Å². The SMILES string of the molecule is CC(C)c1cc(-c2ccc3c4c(cccc24)-c2cc(C(C)(C)C)ccc2-3)cc(-c2ccc3c4c(cccc24)-c2cc(C(C)(C)C)ccc2-3)c1. The standard InChI is InChI=1S/C49H44/c1-28(2)29-23-30(34-19-21-42-36-17-15-32(48(3,4)5)26-44(36)40-13-9-11-38(34)46(40)42)25-31(24-29)35-20-22-43-37-18-16-33(49(6,7)8)27-45(37)41-14-10-12-39(35)47(41)43/h9-28H,1-8H3. The van der Waals surface area contributed by atoms with Crippen LogP contribution in [0.2, 0.25) is 0 Å². The molecule has 0 spiro atoms. The summed E-state index contributed by atoms with van der Waals surface area (Å²) in [6.45, 7) is 18.5. The fourth-order valence-electron chi connectivity index (χ4n) is 8.45. The molecule has 9 rings (SSSR count). The Labute approximate surface area is 291 Å². The zero-order valence-corrected chi connectivity index (χ0v) is 30.0. The molecular weight excluding hydrogens is 589 g/mol. The summed E-state index contributed by atoms with van der Waals surface area (Å²) < 4.78 is 0. The molecule has 0 saturated heterocycles. The summed E-state index contributed by atoms with van der Waals surface area (Å²) in [6, 6.07) is 44.8. The van der Waals surface area contributed by atoms with Crippen LogP contribution in [0.3, 0.4) is 0 Å². The van der Waals surface area contributed by atoms with E-state index in [4.69, 9.17) is 0 Å². The van der Waals surface area contributed by atoms with Crippen molar-refractivity contribution < 1.29 is 0 Å². The highest BCUT2D eigenvalue weighted by molar-refractivity contribution is 6.20. The molecule has 7 aromatic carbocycles. The average molecular weight is 633 g/mol. The van der Waals surface area contributed by atoms with Gasteiger partial charge in [0.25, 0.3) is 0 Å². The van der Waals surface area contributed by atoms with Gasteiger partial charge in [-0.25, -0.2) is 0 Å². The van der Waals surface area contributed by atoms with Crippen molar-refractivity contribution in [3.63, 3.8) is 0 Å². The van der Waals surface area contributed by atoms with E-state index in [1.165, 1.54) is 105 Å². The van der Waals surface area contributed by atoms with Crippen LogP contribution in [-0.4, -0.2) is 0 Å². The molecule has 0 heterocycles. The van der Waals surface area contributed by atoms with E-state index in [-0.39, 0.29) is 10.8 Å². The molecule has 0 N–H and O–H groups in total. The van der Waals surface area contributed by atoms with Crippen molar-refractivity contribution in [2.45, 2.75) is 72.1 Å². The van der Waals surface area contributed by atoms with Gasteiger partial charge >= 0.3 is 0 Å². The first-order valence-corrected chi connectivity index (χ1v) is 18.0. The number of fused-ring (bicyclic) bond motifs is 6. The number of hydrogen-bond donors (Lipinski definition) is 0. The Morgan fingerprint density at radius 3 is 1.16 bits per heavy atom. The minimum atomic E-state index is 0.108. The average Bonchev–Trinajstić information content (AvgIpc) is 3.58. The predicted molar refractivity (Wildman–Crippen MR) is 213 cm³/mol. The number of hydrogen-bond acceptors (Lipinski definition) is 0. The third-order valence-electron chi connectivity index (χ3n) is 11.3. The van der Waals surface area contributed by atoms with E-state index in [0.29, 0.717) is 5.92 Å². The summed E-state index contributed by atoms with van der Waals surface area (Å²) in [5, 5.41) is 5.44. The quantitative estimate of drug-likeness (QED) is 0.182. The molecule has 2 aliphatic carbocycles. The third-order valence-corrected chi connectivity index (χ3v) is 11.3. The highest BCUT2D eigenvalue weighted by atomic mass is 14.3. The second-order valence-corrected chi connectivity index (χ2v) is 16.8. The second kappa shape index (κ2) is 10.3. The van der Waals surface area contributed by atoms with Crippen molar-refractivity contribution in [3.05, 3.63) is 132 Å². The van der Waals surface area contributed by atoms with Gasteiger partial charge in [0.1, 0.15) is 0 Å². The van der Waals surface area contributed by atoms with E-state index in [1.807, 2.05) is 0 Å². The molecule has 0 heteroatoms. The van der Waals surface area contributed by atoms with E-state index in [0.717, 1.165) is 0 Å². The molecule has 0 radical (unpaired) electrons. The van der Waals surface area contributed by atoms with Gasteiger partial charge in [0.2, 0.25) is 0 Å². The van der Waals surface area contributed by atoms with Gasteiger partial charge in [-0.3, -0.25) is 0 Å². The molecule has 240 valence electrons. The zero-order valence-electron chi connectivity index (χ0n) is 30.0. The Hall–Kier alpha value is -4.94. The van der Waals surface area contributed by atoms with E-state index in [9.17, 15) is 0 Å². The van der Waals surface area contributed by atoms with Crippen molar-refractivity contribution >= 4 is 21.5 Å². The minimum Gasteiger partial charge on any atom is -0.0610 e. The van der Waals surface area contributed by atoms with Gasteiger partial charge in [0, 0.05) is 0 Å².